The molecule has 22 heavy (non-hydrogen) atoms. The Kier molecular flexibility index (Phi) is 3.05. The average molecular weight is 295 g/mol. The molecule has 0 saturated carbocycles. The van der Waals surface area contributed by atoms with Gasteiger partial charge in [-0.15, -0.1) is 0 Å². The monoisotopic (exact) mass is 295 g/mol. The zero-order chi connectivity index (χ0) is 15.1. The van der Waals surface area contributed by atoms with E-state index in [1.165, 1.54) is 16.6 Å². The number of ether oxygens (including phenoxy) is 1. The van der Waals surface area contributed by atoms with E-state index in [1.807, 2.05) is 24.3 Å². The van der Waals surface area contributed by atoms with Gasteiger partial charge in [0.15, 0.2) is 6.04 Å². The third kappa shape index (κ3) is 1.96. The summed E-state index contributed by atoms with van der Waals surface area (Å²) in [6.07, 6.45) is 1.02. The number of para-hydroxylation sites is 1. The highest BCUT2D eigenvalue weighted by atomic mass is 16.5. The number of quaternary nitrogens is 1. The standard InChI is InChI=1S/C18H18N2O2/c1-22-11-6-7-15-14(10-11)12-8-9-19-17(18(12)20-15)13-4-2-3-5-16(13)21/h2-7,10,17,19-21H,8-9H2,1H3/p+1/t17-/m0/s1. The molecule has 4 rings (SSSR count). The second-order valence-corrected chi connectivity index (χ2v) is 5.74. The van der Waals surface area contributed by atoms with Gasteiger partial charge in [0, 0.05) is 17.3 Å². The minimum Gasteiger partial charge on any atom is -0.507 e. The number of nitrogens with two attached hydrogens (primary N) is 1. The van der Waals surface area contributed by atoms with Crippen molar-refractivity contribution in [2.24, 2.45) is 0 Å². The smallest absolute Gasteiger partial charge is 0.156 e. The Bertz CT molecular complexity index is 838. The predicted octanol–water partition coefficient (Wildman–Crippen LogP) is 2.09. The molecule has 112 valence electrons. The Morgan fingerprint density at radius 3 is 2.91 bits per heavy atom. The molecule has 0 aliphatic carbocycles. The van der Waals surface area contributed by atoms with Crippen LogP contribution in [0.25, 0.3) is 10.9 Å². The summed E-state index contributed by atoms with van der Waals surface area (Å²) >= 11 is 0. The fourth-order valence-corrected chi connectivity index (χ4v) is 3.45. The van der Waals surface area contributed by atoms with Crippen LogP contribution in [0.2, 0.25) is 0 Å². The highest BCUT2D eigenvalue weighted by Crippen LogP contribution is 2.34. The van der Waals surface area contributed by atoms with E-state index in [-0.39, 0.29) is 6.04 Å². The van der Waals surface area contributed by atoms with Crippen molar-refractivity contribution in [3.63, 3.8) is 0 Å². The number of H-pyrrole nitrogens is 1. The van der Waals surface area contributed by atoms with Gasteiger partial charge in [0.2, 0.25) is 0 Å². The number of phenols is 1. The molecule has 4 N–H and O–H groups in total. The van der Waals surface area contributed by atoms with Gasteiger partial charge in [0.1, 0.15) is 11.5 Å². The summed E-state index contributed by atoms with van der Waals surface area (Å²) in [7, 11) is 1.69. The van der Waals surface area contributed by atoms with E-state index in [0.717, 1.165) is 29.8 Å². The van der Waals surface area contributed by atoms with Gasteiger partial charge in [-0.2, -0.15) is 0 Å². The zero-order valence-electron chi connectivity index (χ0n) is 12.5. The van der Waals surface area contributed by atoms with Gasteiger partial charge in [0.25, 0.3) is 0 Å². The summed E-state index contributed by atoms with van der Waals surface area (Å²) in [5.74, 6) is 1.23. The van der Waals surface area contributed by atoms with E-state index in [4.69, 9.17) is 4.74 Å². The molecule has 4 heteroatoms. The third-order valence-electron chi connectivity index (χ3n) is 4.53. The van der Waals surface area contributed by atoms with Gasteiger partial charge >= 0.3 is 0 Å². The van der Waals surface area contributed by atoms with Crippen LogP contribution in [0.4, 0.5) is 0 Å². The van der Waals surface area contributed by atoms with Crippen molar-refractivity contribution in [3.05, 3.63) is 59.3 Å². The zero-order valence-corrected chi connectivity index (χ0v) is 12.5. The Hall–Kier alpha value is -2.46. The number of methoxy groups -OCH3 is 1. The number of hydrogen-bond acceptors (Lipinski definition) is 2. The lowest BCUT2D eigenvalue weighted by Crippen LogP contribution is -2.87. The molecule has 3 aromatic rings. The van der Waals surface area contributed by atoms with E-state index in [9.17, 15) is 5.11 Å². The van der Waals surface area contributed by atoms with Gasteiger partial charge in [-0.25, -0.2) is 0 Å². The topological polar surface area (TPSA) is 61.9 Å². The van der Waals surface area contributed by atoms with Crippen LogP contribution < -0.4 is 10.1 Å². The van der Waals surface area contributed by atoms with Crippen molar-refractivity contribution in [1.29, 1.82) is 0 Å². The number of phenolic OH excluding ortho intramolecular Hbond substituents is 1. The molecule has 1 atom stereocenters. The van der Waals surface area contributed by atoms with E-state index < -0.39 is 0 Å². The van der Waals surface area contributed by atoms with E-state index >= 15 is 0 Å². The van der Waals surface area contributed by atoms with E-state index in [0.29, 0.717) is 5.75 Å². The van der Waals surface area contributed by atoms with Crippen molar-refractivity contribution in [1.82, 2.24) is 4.98 Å². The summed E-state index contributed by atoms with van der Waals surface area (Å²) in [6, 6.07) is 13.8. The molecular formula is C18H19N2O2+. The highest BCUT2D eigenvalue weighted by Gasteiger charge is 2.30. The quantitative estimate of drug-likeness (QED) is 0.678. The number of aromatic hydroxyl groups is 1. The van der Waals surface area contributed by atoms with E-state index in [1.54, 1.807) is 13.2 Å². The van der Waals surface area contributed by atoms with Crippen molar-refractivity contribution in [2.45, 2.75) is 12.5 Å². The van der Waals surface area contributed by atoms with Gasteiger partial charge in [-0.1, -0.05) is 12.1 Å². The van der Waals surface area contributed by atoms with Crippen LogP contribution in [-0.2, 0) is 6.42 Å². The van der Waals surface area contributed by atoms with E-state index in [2.05, 4.69) is 22.4 Å². The molecule has 1 aliphatic rings. The maximum Gasteiger partial charge on any atom is 0.156 e. The van der Waals surface area contributed by atoms with Gasteiger partial charge in [-0.05, 0) is 35.9 Å². The first-order chi connectivity index (χ1) is 10.8. The van der Waals surface area contributed by atoms with Crippen LogP contribution in [0.3, 0.4) is 0 Å². The normalized spacial score (nSPS) is 17.4. The number of aromatic nitrogens is 1. The van der Waals surface area contributed by atoms with Gasteiger partial charge in [0.05, 0.1) is 24.9 Å². The lowest BCUT2D eigenvalue weighted by Gasteiger charge is -2.22. The Labute approximate surface area is 128 Å². The molecule has 4 nitrogen and oxygen atoms in total. The first-order valence-electron chi connectivity index (χ1n) is 7.57. The number of fused-ring (bicyclic) bond motifs is 3. The van der Waals surface area contributed by atoms with Gasteiger partial charge in [-0.3, -0.25) is 0 Å². The van der Waals surface area contributed by atoms with Crippen LogP contribution >= 0.6 is 0 Å². The largest absolute Gasteiger partial charge is 0.507 e. The number of hydrogen-bond donors (Lipinski definition) is 3. The van der Waals surface area contributed by atoms with Crippen molar-refractivity contribution < 1.29 is 15.2 Å². The summed E-state index contributed by atoms with van der Waals surface area (Å²) in [5.41, 5.74) is 4.61. The number of benzene rings is 2. The van der Waals surface area contributed by atoms with Crippen LogP contribution in [-0.4, -0.2) is 23.7 Å². The Morgan fingerprint density at radius 1 is 1.23 bits per heavy atom. The summed E-state index contributed by atoms with van der Waals surface area (Å²) in [4.78, 5) is 3.55. The number of rotatable bonds is 2. The van der Waals surface area contributed by atoms with Crippen molar-refractivity contribution in [2.75, 3.05) is 13.7 Å². The first-order valence-corrected chi connectivity index (χ1v) is 7.57. The molecule has 0 fully saturated rings. The van der Waals surface area contributed by atoms with Crippen LogP contribution in [0, 0.1) is 0 Å². The summed E-state index contributed by atoms with van der Waals surface area (Å²) in [6.45, 7) is 1.01. The molecule has 0 bridgehead atoms. The number of nitrogens with one attached hydrogen (secondary N) is 1. The second kappa shape index (κ2) is 5.07. The molecule has 1 aromatic heterocycles. The average Bonchev–Trinajstić information content (AvgIpc) is 2.93. The molecule has 0 saturated heterocycles. The molecule has 0 radical (unpaired) electrons. The SMILES string of the molecule is COc1ccc2[nH]c3c(c2c1)CC[NH2+][C@H]3c1ccccc1O. The lowest BCUT2D eigenvalue weighted by molar-refractivity contribution is -0.690. The third-order valence-corrected chi connectivity index (χ3v) is 4.53. The van der Waals surface area contributed by atoms with Crippen LogP contribution in [0.1, 0.15) is 22.9 Å². The fraction of sp³-hybridized carbons (Fsp3) is 0.222. The van der Waals surface area contributed by atoms with Crippen LogP contribution in [0.5, 0.6) is 11.5 Å². The molecular weight excluding hydrogens is 276 g/mol. The fourth-order valence-electron chi connectivity index (χ4n) is 3.45. The minimum absolute atomic E-state index is 0.114. The van der Waals surface area contributed by atoms with Crippen molar-refractivity contribution in [3.8, 4) is 11.5 Å². The van der Waals surface area contributed by atoms with Crippen molar-refractivity contribution >= 4 is 10.9 Å². The molecule has 2 heterocycles. The molecule has 1 aliphatic heterocycles. The lowest BCUT2D eigenvalue weighted by atomic mass is 9.94. The Balaban J connectivity index is 1.90. The number of aromatic amines is 1. The maximum atomic E-state index is 10.2. The van der Waals surface area contributed by atoms with Crippen LogP contribution in [0.15, 0.2) is 42.5 Å². The molecule has 2 aromatic carbocycles. The summed E-state index contributed by atoms with van der Waals surface area (Å²) < 4.78 is 5.35. The Morgan fingerprint density at radius 2 is 2.09 bits per heavy atom. The second-order valence-electron chi connectivity index (χ2n) is 5.74. The molecule has 0 amide bonds. The minimum atomic E-state index is 0.114. The first kappa shape index (κ1) is 13.2. The highest BCUT2D eigenvalue weighted by molar-refractivity contribution is 5.86. The molecule has 0 unspecified atom stereocenters. The van der Waals surface area contributed by atoms with Gasteiger partial charge < -0.3 is 20.1 Å². The maximum absolute atomic E-state index is 10.2. The predicted molar refractivity (Wildman–Crippen MR) is 85.3 cm³/mol. The summed E-state index contributed by atoms with van der Waals surface area (Å²) in [5, 5.41) is 13.7. The molecule has 0 spiro atoms.